The fourth-order valence-corrected chi connectivity index (χ4v) is 0. The summed E-state index contributed by atoms with van der Waals surface area (Å²) in [5.41, 5.74) is 0. The predicted octanol–water partition coefficient (Wildman–Crippen LogP) is -3.68. The van der Waals surface area contributed by atoms with Gasteiger partial charge >= 0.3 is 0 Å². The van der Waals surface area contributed by atoms with E-state index in [4.69, 9.17) is 75.0 Å². The van der Waals surface area contributed by atoms with E-state index in [2.05, 4.69) is 0 Å². The van der Waals surface area contributed by atoms with Gasteiger partial charge in [-0.2, -0.15) is 0 Å². The topological polar surface area (TPSA) is 484 Å². The summed E-state index contributed by atoms with van der Waals surface area (Å²) in [7, 11) is 0. The van der Waals surface area contributed by atoms with E-state index in [0.717, 1.165) is 0 Å². The molecule has 0 unspecified atom stereocenters. The van der Waals surface area contributed by atoms with Gasteiger partial charge in [-0.3, -0.25) is 0 Å². The minimum atomic E-state index is -2.08. The van der Waals surface area contributed by atoms with Crippen molar-refractivity contribution in [1.29, 1.82) is 0 Å². The maximum Gasteiger partial charge on any atom is 0.249 e. The Morgan fingerprint density at radius 2 is 0.360 bits per heavy atom. The molecule has 0 aliphatic carbocycles. The molecule has 20 heteroatoms. The molecular weight excluding hydrogens is 370 g/mol. The molecule has 0 aromatic carbocycles. The molecule has 0 aromatic heterocycles. The quantitative estimate of drug-likeness (QED) is 0.188. The van der Waals surface area contributed by atoms with E-state index in [0.29, 0.717) is 0 Å². The van der Waals surface area contributed by atoms with Gasteiger partial charge in [0.2, 0.25) is 30.8 Å². The highest BCUT2D eigenvalue weighted by molar-refractivity contribution is 5.51. The molecule has 0 aromatic rings. The van der Waals surface area contributed by atoms with Gasteiger partial charge in [-0.1, -0.05) is 0 Å². The Hall–Kier alpha value is -3.85. The van der Waals surface area contributed by atoms with Gasteiger partial charge in [-0.25, -0.2) is 0 Å². The van der Waals surface area contributed by atoms with Crippen LogP contribution in [0.15, 0.2) is 0 Å². The molecule has 0 radical (unpaired) electrons. The van der Waals surface area contributed by atoms with Crippen LogP contribution >= 0.6 is 0 Å². The first kappa shape index (κ1) is 69.1. The van der Waals surface area contributed by atoms with E-state index in [-0.39, 0.29) is 30.8 Å². The average Bonchev–Trinajstić information content (AvgIpc) is 1.94. The van der Waals surface area contributed by atoms with Crippen LogP contribution in [0.1, 0.15) is 0 Å². The summed E-state index contributed by atoms with van der Waals surface area (Å²) in [5, 5.41) is 76.5. The van der Waals surface area contributed by atoms with Crippen molar-refractivity contribution in [2.75, 3.05) is 0 Å². The monoisotopic (exact) mass is 395 g/mol. The van der Waals surface area contributed by atoms with Crippen LogP contribution in [0.5, 0.6) is 0 Å². The van der Waals surface area contributed by atoms with Gasteiger partial charge in [0.25, 0.3) is 0 Å². The summed E-state index contributed by atoms with van der Waals surface area (Å²) in [4.78, 5) is 42.2. The molecule has 0 saturated heterocycles. The van der Waals surface area contributed by atoms with Gasteiger partial charge in [0, 0.05) is 0 Å². The van der Waals surface area contributed by atoms with Gasteiger partial charge in [-0.05, 0) is 0 Å². The van der Waals surface area contributed by atoms with Crippen molar-refractivity contribution in [3.63, 3.8) is 0 Å². The van der Waals surface area contributed by atoms with Crippen molar-refractivity contribution >= 4 is 30.8 Å². The number of hydrogen-bond acceptors (Lipinski definition) is 10. The molecule has 160 valence electrons. The first-order chi connectivity index (χ1) is 8.66. The standard InChI is InChI=1S/5CH2O3.5H3N/c5*2-1(3)4;;;;;/h5*(H2,2,3,4);5*1H3. The maximum atomic E-state index is 8.44. The van der Waals surface area contributed by atoms with Gasteiger partial charge in [0.1, 0.15) is 0 Å². The van der Waals surface area contributed by atoms with Crippen molar-refractivity contribution in [3.8, 4) is 0 Å². The van der Waals surface area contributed by atoms with Crippen LogP contribution in [0.3, 0.4) is 0 Å². The summed E-state index contributed by atoms with van der Waals surface area (Å²) in [5.74, 6) is 0. The number of carbonyl (C=O) groups is 5. The van der Waals surface area contributed by atoms with Crippen LogP contribution in [0.25, 0.3) is 0 Å². The Morgan fingerprint density at radius 3 is 0.360 bits per heavy atom. The highest BCUT2D eigenvalue weighted by Crippen LogP contribution is 1.33. The zero-order chi connectivity index (χ0) is 17.9. The first-order valence-electron chi connectivity index (χ1n) is 3.16. The molecule has 0 heterocycles. The average molecular weight is 395 g/mol. The van der Waals surface area contributed by atoms with E-state index in [1.54, 1.807) is 0 Å². The van der Waals surface area contributed by atoms with E-state index in [1.807, 2.05) is 0 Å². The minimum absolute atomic E-state index is 0. The molecule has 25 heavy (non-hydrogen) atoms. The van der Waals surface area contributed by atoms with Gasteiger partial charge in [-0.15, -0.1) is 0 Å². The Bertz CT molecular complexity index is 219. The summed E-state index contributed by atoms with van der Waals surface area (Å²) in [6, 6.07) is 0. The van der Waals surface area contributed by atoms with Crippen molar-refractivity contribution in [2.24, 2.45) is 0 Å². The fourth-order valence-electron chi connectivity index (χ4n) is 0. The summed E-state index contributed by atoms with van der Waals surface area (Å²) >= 11 is 0. The van der Waals surface area contributed by atoms with Crippen molar-refractivity contribution in [1.82, 2.24) is 30.8 Å². The molecule has 0 saturated carbocycles. The zero-order valence-corrected chi connectivity index (χ0v) is 13.8. The minimum Gasteiger partial charge on any atom is -0.565 e. The molecule has 0 aliphatic rings. The molecule has 0 aliphatic heterocycles. The lowest BCUT2D eigenvalue weighted by molar-refractivity contribution is -0.276. The number of carboxylic acid groups (broad SMARTS) is 10. The lowest BCUT2D eigenvalue weighted by Gasteiger charge is -1.74. The van der Waals surface area contributed by atoms with E-state index >= 15 is 0 Å². The largest absolute Gasteiger partial charge is 0.565 e. The second-order valence-corrected chi connectivity index (χ2v) is 1.33. The van der Waals surface area contributed by atoms with Gasteiger partial charge in [0.15, 0.2) is 0 Å². The van der Waals surface area contributed by atoms with Crippen molar-refractivity contribution in [2.45, 2.75) is 0 Å². The van der Waals surface area contributed by atoms with Crippen molar-refractivity contribution < 1.29 is 75.0 Å². The van der Waals surface area contributed by atoms with Crippen LogP contribution in [0, 0.1) is 0 Å². The Balaban J connectivity index is -0.0000000134. The second kappa shape index (κ2) is 59.4. The van der Waals surface area contributed by atoms with E-state index in [9.17, 15) is 0 Å². The second-order valence-electron chi connectivity index (χ2n) is 1.33. The summed E-state index contributed by atoms with van der Waals surface area (Å²) in [6.07, 6.45) is -10.4. The fraction of sp³-hybridized carbons (Fsp3) is 0. The highest BCUT2D eigenvalue weighted by Gasteiger charge is 1.52. The third kappa shape index (κ3) is 448. The molecule has 0 atom stereocenters. The third-order valence-corrected chi connectivity index (χ3v) is 0. The van der Waals surface area contributed by atoms with E-state index < -0.39 is 30.8 Å². The molecule has 0 rings (SSSR count). The molecular formula is C5H25N5O15. The third-order valence-electron chi connectivity index (χ3n) is 0. The zero-order valence-electron chi connectivity index (χ0n) is 13.8. The van der Waals surface area contributed by atoms with Crippen LogP contribution in [-0.4, -0.2) is 56.3 Å². The van der Waals surface area contributed by atoms with Gasteiger partial charge < -0.3 is 106 Å². The summed E-state index contributed by atoms with van der Waals surface area (Å²) < 4.78 is 0. The Labute approximate surface area is 138 Å². The molecule has 0 bridgehead atoms. The molecule has 0 amide bonds. The van der Waals surface area contributed by atoms with Crippen LogP contribution < -0.4 is 56.3 Å². The predicted molar refractivity (Wildman–Crippen MR) is 70.0 cm³/mol. The Kier molecular flexibility index (Phi) is 164. The normalized spacial score (nSPS) is 4.80. The summed E-state index contributed by atoms with van der Waals surface area (Å²) in [6.45, 7) is 0. The maximum absolute atomic E-state index is 8.44. The Morgan fingerprint density at radius 1 is 0.360 bits per heavy atom. The lowest BCUT2D eigenvalue weighted by atomic mass is 11.5. The number of hydrogen-bond donors (Lipinski definition) is 10. The molecule has 25 N–H and O–H groups in total. The van der Waals surface area contributed by atoms with Crippen LogP contribution in [-0.2, 0) is 0 Å². The molecule has 0 fully saturated rings. The van der Waals surface area contributed by atoms with Crippen LogP contribution in [0.2, 0.25) is 0 Å². The van der Waals surface area contributed by atoms with Crippen LogP contribution in [0.4, 0.5) is 24.0 Å². The highest BCUT2D eigenvalue weighted by atomic mass is 16.6. The SMILES string of the molecule is O=C([O-])O.O=C([O-])O.O=C([O-])O.O=C([O-])O.O=C([O-])O.[NH4+].[NH4+].[NH4+].[NH4+].[NH4+]. The first-order valence-corrected chi connectivity index (χ1v) is 3.16. The van der Waals surface area contributed by atoms with Gasteiger partial charge in [0.05, 0.1) is 0 Å². The molecule has 20 nitrogen and oxygen atoms in total. The number of quaternary nitrogens is 5. The smallest absolute Gasteiger partial charge is 0.249 e. The van der Waals surface area contributed by atoms with Crippen molar-refractivity contribution in [3.05, 3.63) is 0 Å². The lowest BCUT2D eigenvalue weighted by Crippen LogP contribution is -2.17. The number of rotatable bonds is 0. The van der Waals surface area contributed by atoms with E-state index in [1.165, 1.54) is 0 Å². The molecule has 0 spiro atoms.